The number of hydrogen-bond donors (Lipinski definition) is 0. The topological polar surface area (TPSA) is 0 Å². The molecule has 0 fully saturated rings. The van der Waals surface area contributed by atoms with Gasteiger partial charge in [-0.25, -0.2) is 0 Å². The zero-order valence-electron chi connectivity index (χ0n) is 5.23. The molecule has 0 unspecified atom stereocenters. The van der Waals surface area contributed by atoms with Crippen LogP contribution in [0.15, 0.2) is 0 Å². The summed E-state index contributed by atoms with van der Waals surface area (Å²) in [7, 11) is 0.664. The molecule has 0 N–H and O–H groups in total. The standard InChI is InChI=1S/C5H13S2/c1-6-4-5-7(2)3/h4-5H2,1-3H3/q+1. The fourth-order valence-corrected chi connectivity index (χ4v) is 2.25. The Labute approximate surface area is 53.4 Å². The molecule has 2 heteroatoms. The fraction of sp³-hybridized carbons (Fsp3) is 1.00. The van der Waals surface area contributed by atoms with Crippen molar-refractivity contribution in [3.05, 3.63) is 0 Å². The Bertz CT molecular complexity index is 35.1. The minimum absolute atomic E-state index is 0.664. The van der Waals surface area contributed by atoms with Gasteiger partial charge in [0.25, 0.3) is 0 Å². The molecule has 7 heavy (non-hydrogen) atoms. The highest BCUT2D eigenvalue weighted by molar-refractivity contribution is 8.00. The van der Waals surface area contributed by atoms with Crippen molar-refractivity contribution in [2.45, 2.75) is 0 Å². The zero-order chi connectivity index (χ0) is 5.70. The first-order valence-electron chi connectivity index (χ1n) is 2.30. The summed E-state index contributed by atoms with van der Waals surface area (Å²) in [4.78, 5) is 0. The predicted octanol–water partition coefficient (Wildman–Crippen LogP) is 1.23. The highest BCUT2D eigenvalue weighted by Crippen LogP contribution is 1.93. The van der Waals surface area contributed by atoms with Gasteiger partial charge in [-0.1, -0.05) is 0 Å². The van der Waals surface area contributed by atoms with Crippen molar-refractivity contribution in [2.75, 3.05) is 30.3 Å². The van der Waals surface area contributed by atoms with E-state index in [1.807, 2.05) is 11.8 Å². The lowest BCUT2D eigenvalue weighted by Crippen LogP contribution is -2.02. The second kappa shape index (κ2) is 4.85. The van der Waals surface area contributed by atoms with Crippen LogP contribution in [-0.4, -0.2) is 30.3 Å². The summed E-state index contributed by atoms with van der Waals surface area (Å²) in [5.41, 5.74) is 0. The quantitative estimate of drug-likeness (QED) is 0.527. The van der Waals surface area contributed by atoms with Crippen LogP contribution in [0.3, 0.4) is 0 Å². The van der Waals surface area contributed by atoms with E-state index >= 15 is 0 Å². The lowest BCUT2D eigenvalue weighted by atomic mass is 11.0. The molecule has 0 aliphatic carbocycles. The molecule has 0 aromatic carbocycles. The van der Waals surface area contributed by atoms with Crippen molar-refractivity contribution in [1.29, 1.82) is 0 Å². The Morgan fingerprint density at radius 1 is 1.43 bits per heavy atom. The monoisotopic (exact) mass is 137 g/mol. The molecule has 0 aliphatic heterocycles. The molecule has 0 nitrogen and oxygen atoms in total. The Balaban J connectivity index is 2.68. The first-order valence-corrected chi connectivity index (χ1v) is 5.91. The first kappa shape index (κ1) is 7.70. The van der Waals surface area contributed by atoms with Gasteiger partial charge in [0.1, 0.15) is 5.75 Å². The van der Waals surface area contributed by atoms with Gasteiger partial charge in [-0.3, -0.25) is 0 Å². The van der Waals surface area contributed by atoms with Gasteiger partial charge in [-0.2, -0.15) is 11.8 Å². The van der Waals surface area contributed by atoms with Gasteiger partial charge in [-0.15, -0.1) is 0 Å². The van der Waals surface area contributed by atoms with E-state index < -0.39 is 0 Å². The van der Waals surface area contributed by atoms with E-state index in [9.17, 15) is 0 Å². The minimum Gasteiger partial charge on any atom is -0.161 e. The molecule has 0 aliphatic rings. The van der Waals surface area contributed by atoms with E-state index in [4.69, 9.17) is 0 Å². The maximum atomic E-state index is 2.29. The van der Waals surface area contributed by atoms with Crippen molar-refractivity contribution >= 4 is 22.7 Å². The molecule has 0 heterocycles. The highest BCUT2D eigenvalue weighted by atomic mass is 32.2. The molecule has 0 bridgehead atoms. The predicted molar refractivity (Wildman–Crippen MR) is 42.5 cm³/mol. The van der Waals surface area contributed by atoms with Gasteiger partial charge in [0.2, 0.25) is 0 Å². The summed E-state index contributed by atoms with van der Waals surface area (Å²) in [5, 5.41) is 0. The van der Waals surface area contributed by atoms with Gasteiger partial charge >= 0.3 is 0 Å². The lowest BCUT2D eigenvalue weighted by Gasteiger charge is -1.90. The lowest BCUT2D eigenvalue weighted by molar-refractivity contribution is 1.54. The van der Waals surface area contributed by atoms with Crippen LogP contribution < -0.4 is 0 Å². The summed E-state index contributed by atoms with van der Waals surface area (Å²) < 4.78 is 0. The molecule has 0 rings (SSSR count). The Hall–Kier alpha value is 0.700. The third-order valence-electron chi connectivity index (χ3n) is 0.696. The van der Waals surface area contributed by atoms with Gasteiger partial charge in [0, 0.05) is 5.75 Å². The van der Waals surface area contributed by atoms with Gasteiger partial charge in [0.05, 0.1) is 12.5 Å². The van der Waals surface area contributed by atoms with E-state index in [2.05, 4.69) is 18.8 Å². The molecule has 0 aromatic rings. The maximum Gasteiger partial charge on any atom is 0.116 e. The van der Waals surface area contributed by atoms with E-state index in [-0.39, 0.29) is 0 Å². The normalized spacial score (nSPS) is 10.3. The fourth-order valence-electron chi connectivity index (χ4n) is 0.250. The minimum atomic E-state index is 0.664. The van der Waals surface area contributed by atoms with E-state index in [0.717, 1.165) is 0 Å². The van der Waals surface area contributed by atoms with Crippen LogP contribution in [0.4, 0.5) is 0 Å². The van der Waals surface area contributed by atoms with Crippen molar-refractivity contribution in [2.24, 2.45) is 0 Å². The molecular weight excluding hydrogens is 124 g/mol. The van der Waals surface area contributed by atoms with Crippen LogP contribution in [0.2, 0.25) is 0 Å². The Morgan fingerprint density at radius 2 is 2.00 bits per heavy atom. The third-order valence-corrected chi connectivity index (χ3v) is 2.59. The molecule has 0 radical (unpaired) electrons. The maximum absolute atomic E-state index is 2.29. The second-order valence-electron chi connectivity index (χ2n) is 1.68. The van der Waals surface area contributed by atoms with Crippen LogP contribution in [0, 0.1) is 0 Å². The van der Waals surface area contributed by atoms with E-state index in [0.29, 0.717) is 10.9 Å². The molecular formula is C5H13S2+. The number of hydrogen-bond acceptors (Lipinski definition) is 1. The first-order chi connectivity index (χ1) is 3.27. The summed E-state index contributed by atoms with van der Waals surface area (Å²) in [6.45, 7) is 0. The Kier molecular flexibility index (Phi) is 5.33. The molecule has 0 spiro atoms. The van der Waals surface area contributed by atoms with Crippen LogP contribution in [-0.2, 0) is 10.9 Å². The van der Waals surface area contributed by atoms with Crippen molar-refractivity contribution in [1.82, 2.24) is 0 Å². The molecule has 0 atom stereocenters. The van der Waals surface area contributed by atoms with Gasteiger partial charge < -0.3 is 0 Å². The summed E-state index contributed by atoms with van der Waals surface area (Å²) >= 11 is 1.94. The van der Waals surface area contributed by atoms with E-state index in [1.165, 1.54) is 11.5 Å². The van der Waals surface area contributed by atoms with Crippen molar-refractivity contribution in [3.8, 4) is 0 Å². The number of thioether (sulfide) groups is 1. The van der Waals surface area contributed by atoms with Crippen molar-refractivity contribution in [3.63, 3.8) is 0 Å². The second-order valence-corrected chi connectivity index (χ2v) is 5.05. The highest BCUT2D eigenvalue weighted by Gasteiger charge is 1.97. The van der Waals surface area contributed by atoms with Crippen LogP contribution in [0.25, 0.3) is 0 Å². The Morgan fingerprint density at radius 3 is 2.14 bits per heavy atom. The molecule has 0 amide bonds. The molecule has 44 valence electrons. The van der Waals surface area contributed by atoms with Crippen molar-refractivity contribution < 1.29 is 0 Å². The molecule has 0 saturated carbocycles. The smallest absolute Gasteiger partial charge is 0.116 e. The zero-order valence-corrected chi connectivity index (χ0v) is 6.86. The average molecular weight is 137 g/mol. The summed E-state index contributed by atoms with van der Waals surface area (Å²) in [6, 6.07) is 0. The van der Waals surface area contributed by atoms with Crippen LogP contribution in [0.1, 0.15) is 0 Å². The van der Waals surface area contributed by atoms with Gasteiger partial charge in [0.15, 0.2) is 0 Å². The number of rotatable bonds is 3. The SMILES string of the molecule is CSCC[S+](C)C. The summed E-state index contributed by atoms with van der Waals surface area (Å²) in [5.74, 6) is 2.72. The summed E-state index contributed by atoms with van der Waals surface area (Å²) in [6.07, 6.45) is 6.74. The van der Waals surface area contributed by atoms with Crippen LogP contribution >= 0.6 is 11.8 Å². The third kappa shape index (κ3) is 6.70. The average Bonchev–Trinajstić information content (AvgIpc) is 1.61. The van der Waals surface area contributed by atoms with E-state index in [1.54, 1.807) is 0 Å². The van der Waals surface area contributed by atoms with Crippen LogP contribution in [0.5, 0.6) is 0 Å². The largest absolute Gasteiger partial charge is 0.161 e. The molecule has 0 saturated heterocycles. The molecule has 0 aromatic heterocycles. The van der Waals surface area contributed by atoms with Gasteiger partial charge in [-0.05, 0) is 17.2 Å².